The van der Waals surface area contributed by atoms with Gasteiger partial charge in [0.05, 0.1) is 6.54 Å². The summed E-state index contributed by atoms with van der Waals surface area (Å²) in [6, 6.07) is 0.304. The van der Waals surface area contributed by atoms with Crippen molar-refractivity contribution >= 4 is 5.91 Å². The van der Waals surface area contributed by atoms with Crippen molar-refractivity contribution in [2.24, 2.45) is 5.41 Å². The summed E-state index contributed by atoms with van der Waals surface area (Å²) < 4.78 is 0. The molecule has 1 aliphatic rings. The second-order valence-electron chi connectivity index (χ2n) is 5.57. The topological polar surface area (TPSA) is 41.1 Å². The van der Waals surface area contributed by atoms with Crippen LogP contribution in [0, 0.1) is 5.41 Å². The summed E-state index contributed by atoms with van der Waals surface area (Å²) in [5.74, 6) is 0.136. The van der Waals surface area contributed by atoms with Gasteiger partial charge >= 0.3 is 0 Å². The Bertz CT molecular complexity index is 231. The van der Waals surface area contributed by atoms with Crippen molar-refractivity contribution in [3.8, 4) is 0 Å². The predicted molar refractivity (Wildman–Crippen MR) is 72.0 cm³/mol. The fourth-order valence-corrected chi connectivity index (χ4v) is 2.60. The summed E-state index contributed by atoms with van der Waals surface area (Å²) in [4.78, 5) is 11.6. The van der Waals surface area contributed by atoms with E-state index in [1.165, 1.54) is 25.7 Å². The lowest BCUT2D eigenvalue weighted by Gasteiger charge is -2.41. The molecule has 0 bridgehead atoms. The van der Waals surface area contributed by atoms with E-state index in [4.69, 9.17) is 0 Å². The first kappa shape index (κ1) is 14.5. The van der Waals surface area contributed by atoms with Gasteiger partial charge in [-0.2, -0.15) is 0 Å². The minimum absolute atomic E-state index is 0.136. The van der Waals surface area contributed by atoms with Crippen molar-refractivity contribution in [2.45, 2.75) is 65.3 Å². The summed E-state index contributed by atoms with van der Waals surface area (Å²) in [5, 5.41) is 6.33. The van der Waals surface area contributed by atoms with Crippen molar-refractivity contribution < 1.29 is 4.79 Å². The minimum atomic E-state index is 0.136. The van der Waals surface area contributed by atoms with Gasteiger partial charge in [0.25, 0.3) is 0 Å². The van der Waals surface area contributed by atoms with Crippen LogP contribution >= 0.6 is 0 Å². The molecule has 1 unspecified atom stereocenters. The molecule has 1 rings (SSSR count). The Morgan fingerprint density at radius 2 is 2.06 bits per heavy atom. The summed E-state index contributed by atoms with van der Waals surface area (Å²) in [7, 11) is 0. The molecule has 0 heterocycles. The zero-order chi connectivity index (χ0) is 12.7. The molecule has 3 heteroatoms. The molecule has 2 N–H and O–H groups in total. The molecule has 0 aliphatic heterocycles. The molecule has 1 atom stereocenters. The van der Waals surface area contributed by atoms with E-state index in [0.29, 0.717) is 18.0 Å². The van der Waals surface area contributed by atoms with E-state index in [9.17, 15) is 4.79 Å². The van der Waals surface area contributed by atoms with Gasteiger partial charge in [-0.15, -0.1) is 0 Å². The molecular formula is C14H28N2O. The van der Waals surface area contributed by atoms with E-state index in [2.05, 4.69) is 31.4 Å². The lowest BCUT2D eigenvalue weighted by Crippen LogP contribution is -2.44. The summed E-state index contributed by atoms with van der Waals surface area (Å²) in [5.41, 5.74) is 0.495. The summed E-state index contributed by atoms with van der Waals surface area (Å²) >= 11 is 0. The van der Waals surface area contributed by atoms with Gasteiger partial charge in [0.2, 0.25) is 5.91 Å². The standard InChI is InChI=1S/C14H28N2O/c1-4-7-12(3)16-13(17)10-15-11-14(5-2)8-6-9-14/h12,15H,4-11H2,1-3H3,(H,16,17). The summed E-state index contributed by atoms with van der Waals surface area (Å²) in [6.45, 7) is 7.93. The maximum Gasteiger partial charge on any atom is 0.234 e. The first-order chi connectivity index (χ1) is 8.12. The molecule has 0 aromatic carbocycles. The zero-order valence-corrected chi connectivity index (χ0v) is 11.6. The molecule has 0 aromatic heterocycles. The van der Waals surface area contributed by atoms with E-state index in [-0.39, 0.29) is 5.91 Å². The van der Waals surface area contributed by atoms with Crippen LogP contribution in [0.5, 0.6) is 0 Å². The molecule has 1 amide bonds. The zero-order valence-electron chi connectivity index (χ0n) is 11.6. The van der Waals surface area contributed by atoms with E-state index in [1.54, 1.807) is 0 Å². The van der Waals surface area contributed by atoms with Crippen LogP contribution in [0.4, 0.5) is 0 Å². The third-order valence-electron chi connectivity index (χ3n) is 4.08. The maximum absolute atomic E-state index is 11.6. The van der Waals surface area contributed by atoms with Gasteiger partial charge in [0.15, 0.2) is 0 Å². The van der Waals surface area contributed by atoms with Gasteiger partial charge in [-0.3, -0.25) is 4.79 Å². The Hall–Kier alpha value is -0.570. The highest BCUT2D eigenvalue weighted by molar-refractivity contribution is 5.78. The fraction of sp³-hybridized carbons (Fsp3) is 0.929. The molecule has 1 saturated carbocycles. The largest absolute Gasteiger partial charge is 0.353 e. The highest BCUT2D eigenvalue weighted by Gasteiger charge is 2.34. The molecule has 3 nitrogen and oxygen atoms in total. The van der Waals surface area contributed by atoms with Crippen LogP contribution in [0.2, 0.25) is 0 Å². The SMILES string of the molecule is CCCC(C)NC(=O)CNCC1(CC)CCC1. The molecule has 1 fully saturated rings. The second-order valence-corrected chi connectivity index (χ2v) is 5.57. The van der Waals surface area contributed by atoms with Gasteiger partial charge in [0.1, 0.15) is 0 Å². The van der Waals surface area contributed by atoms with Crippen molar-refractivity contribution in [1.82, 2.24) is 10.6 Å². The number of nitrogens with one attached hydrogen (secondary N) is 2. The number of carbonyl (C=O) groups is 1. The monoisotopic (exact) mass is 240 g/mol. The molecule has 0 aromatic rings. The molecular weight excluding hydrogens is 212 g/mol. The second kappa shape index (κ2) is 7.00. The Morgan fingerprint density at radius 1 is 1.35 bits per heavy atom. The molecule has 0 saturated heterocycles. The number of carbonyl (C=O) groups excluding carboxylic acids is 1. The highest BCUT2D eigenvalue weighted by atomic mass is 16.1. The first-order valence-electron chi connectivity index (χ1n) is 7.12. The van der Waals surface area contributed by atoms with Gasteiger partial charge < -0.3 is 10.6 Å². The Labute approximate surface area is 106 Å². The van der Waals surface area contributed by atoms with Crippen LogP contribution in [0.25, 0.3) is 0 Å². The van der Waals surface area contributed by atoms with Crippen molar-refractivity contribution in [1.29, 1.82) is 0 Å². The third kappa shape index (κ3) is 4.66. The van der Waals surface area contributed by atoms with Gasteiger partial charge in [-0.25, -0.2) is 0 Å². The van der Waals surface area contributed by atoms with Gasteiger partial charge in [0, 0.05) is 12.6 Å². The molecule has 100 valence electrons. The quantitative estimate of drug-likeness (QED) is 0.684. The lowest BCUT2D eigenvalue weighted by molar-refractivity contribution is -0.121. The number of hydrogen-bond acceptors (Lipinski definition) is 2. The van der Waals surface area contributed by atoms with Gasteiger partial charge in [-0.05, 0) is 38.0 Å². The number of amides is 1. The Balaban J connectivity index is 2.11. The average molecular weight is 240 g/mol. The first-order valence-corrected chi connectivity index (χ1v) is 7.12. The predicted octanol–water partition coefficient (Wildman–Crippen LogP) is 2.46. The van der Waals surface area contributed by atoms with E-state index in [1.807, 2.05) is 0 Å². The normalized spacial score (nSPS) is 19.5. The number of hydrogen-bond donors (Lipinski definition) is 2. The Kier molecular flexibility index (Phi) is 5.96. The molecule has 0 spiro atoms. The minimum Gasteiger partial charge on any atom is -0.353 e. The Morgan fingerprint density at radius 3 is 2.53 bits per heavy atom. The lowest BCUT2D eigenvalue weighted by atomic mass is 9.67. The smallest absolute Gasteiger partial charge is 0.234 e. The molecule has 1 aliphatic carbocycles. The number of rotatable bonds is 8. The highest BCUT2D eigenvalue weighted by Crippen LogP contribution is 2.42. The van der Waals surface area contributed by atoms with Gasteiger partial charge in [-0.1, -0.05) is 26.7 Å². The third-order valence-corrected chi connectivity index (χ3v) is 4.08. The maximum atomic E-state index is 11.6. The van der Waals surface area contributed by atoms with Crippen molar-refractivity contribution in [3.63, 3.8) is 0 Å². The van der Waals surface area contributed by atoms with Crippen molar-refractivity contribution in [3.05, 3.63) is 0 Å². The van der Waals surface area contributed by atoms with Crippen LogP contribution in [-0.4, -0.2) is 25.0 Å². The summed E-state index contributed by atoms with van der Waals surface area (Å²) in [6.07, 6.45) is 7.41. The van der Waals surface area contributed by atoms with Crippen LogP contribution in [0.3, 0.4) is 0 Å². The van der Waals surface area contributed by atoms with Crippen LogP contribution in [0.1, 0.15) is 59.3 Å². The van der Waals surface area contributed by atoms with E-state index >= 15 is 0 Å². The van der Waals surface area contributed by atoms with Crippen LogP contribution in [-0.2, 0) is 4.79 Å². The van der Waals surface area contributed by atoms with Crippen LogP contribution < -0.4 is 10.6 Å². The molecule has 17 heavy (non-hydrogen) atoms. The van der Waals surface area contributed by atoms with E-state index in [0.717, 1.165) is 19.4 Å². The van der Waals surface area contributed by atoms with Crippen LogP contribution in [0.15, 0.2) is 0 Å². The fourth-order valence-electron chi connectivity index (χ4n) is 2.60. The van der Waals surface area contributed by atoms with E-state index < -0.39 is 0 Å². The average Bonchev–Trinajstić information content (AvgIpc) is 2.22. The van der Waals surface area contributed by atoms with Crippen molar-refractivity contribution in [2.75, 3.05) is 13.1 Å². The molecule has 0 radical (unpaired) electrons.